The molecule has 0 spiro atoms. The van der Waals surface area contributed by atoms with E-state index in [2.05, 4.69) is 195 Å². The maximum Gasteiger partial charge on any atom is 0.137 e. The summed E-state index contributed by atoms with van der Waals surface area (Å²) >= 11 is 0. The van der Waals surface area contributed by atoms with E-state index in [0.717, 1.165) is 39.0 Å². The van der Waals surface area contributed by atoms with Gasteiger partial charge in [-0.2, -0.15) is 0 Å². The molecule has 0 saturated carbocycles. The Morgan fingerprint density at radius 1 is 0.431 bits per heavy atom. The van der Waals surface area contributed by atoms with Crippen LogP contribution in [0.25, 0.3) is 66.1 Å². The third kappa shape index (κ3) is 4.71. The predicted octanol–water partition coefficient (Wildman–Crippen LogP) is 13.8. The van der Waals surface area contributed by atoms with Gasteiger partial charge in [0.2, 0.25) is 0 Å². The standard InChI is InChI=1S/C49H35NO/c1-49(2)43-16-9-8-15-40(43)41-30-42-47(31-44(41)49)51-46-18-10-17-45(48(42)46)50(38-25-21-34(22-26-38)32-11-4-3-5-12-32)39-27-23-35(24-28-39)37-20-19-33-13-6-7-14-36(33)29-37/h3-31H,1-2H3. The summed E-state index contributed by atoms with van der Waals surface area (Å²) in [6.07, 6.45) is 0. The average molecular weight is 654 g/mol. The summed E-state index contributed by atoms with van der Waals surface area (Å²) < 4.78 is 6.69. The largest absolute Gasteiger partial charge is 0.456 e. The molecule has 0 unspecified atom stereocenters. The molecule has 0 N–H and O–H groups in total. The lowest BCUT2D eigenvalue weighted by Gasteiger charge is -2.27. The molecule has 51 heavy (non-hydrogen) atoms. The van der Waals surface area contributed by atoms with Crippen molar-refractivity contribution in [3.63, 3.8) is 0 Å². The zero-order chi connectivity index (χ0) is 34.1. The van der Waals surface area contributed by atoms with Gasteiger partial charge in [-0.05, 0) is 110 Å². The van der Waals surface area contributed by atoms with Crippen molar-refractivity contribution < 1.29 is 4.42 Å². The van der Waals surface area contributed by atoms with Gasteiger partial charge in [-0.1, -0.05) is 135 Å². The van der Waals surface area contributed by atoms with Crippen molar-refractivity contribution in [1.29, 1.82) is 0 Å². The minimum absolute atomic E-state index is 0.0960. The van der Waals surface area contributed by atoms with Gasteiger partial charge in [0, 0.05) is 22.2 Å². The fraction of sp³-hybridized carbons (Fsp3) is 0.0612. The smallest absolute Gasteiger partial charge is 0.137 e. The van der Waals surface area contributed by atoms with E-state index < -0.39 is 0 Å². The van der Waals surface area contributed by atoms with E-state index in [-0.39, 0.29) is 5.41 Å². The van der Waals surface area contributed by atoms with E-state index in [4.69, 9.17) is 4.42 Å². The summed E-state index contributed by atoms with van der Waals surface area (Å²) in [5, 5.41) is 4.74. The molecular formula is C49H35NO. The second-order valence-corrected chi connectivity index (χ2v) is 14.2. The Kier molecular flexibility index (Phi) is 6.56. The van der Waals surface area contributed by atoms with Crippen LogP contribution >= 0.6 is 0 Å². The Bertz CT molecular complexity index is 2750. The highest BCUT2D eigenvalue weighted by atomic mass is 16.3. The van der Waals surface area contributed by atoms with Gasteiger partial charge >= 0.3 is 0 Å². The van der Waals surface area contributed by atoms with E-state index in [1.165, 1.54) is 55.3 Å². The lowest BCUT2D eigenvalue weighted by atomic mass is 9.82. The van der Waals surface area contributed by atoms with Crippen molar-refractivity contribution in [2.45, 2.75) is 19.3 Å². The van der Waals surface area contributed by atoms with Gasteiger partial charge in [0.05, 0.1) is 11.1 Å². The van der Waals surface area contributed by atoms with Crippen molar-refractivity contribution in [2.75, 3.05) is 4.90 Å². The third-order valence-corrected chi connectivity index (χ3v) is 10.9. The van der Waals surface area contributed by atoms with Gasteiger partial charge in [0.1, 0.15) is 11.2 Å². The van der Waals surface area contributed by atoms with E-state index in [1.807, 2.05) is 0 Å². The third-order valence-electron chi connectivity index (χ3n) is 10.9. The van der Waals surface area contributed by atoms with Gasteiger partial charge < -0.3 is 9.32 Å². The molecule has 9 aromatic rings. The SMILES string of the molecule is CC1(C)c2ccccc2-c2cc3c(cc21)oc1cccc(N(c2ccc(-c4ccccc4)cc2)c2ccc(-c4ccc5ccccc5c4)cc2)c13. The first kappa shape index (κ1) is 29.5. The normalized spacial score (nSPS) is 13.1. The molecule has 0 aliphatic heterocycles. The second kappa shape index (κ2) is 11.3. The van der Waals surface area contributed by atoms with E-state index >= 15 is 0 Å². The molecule has 0 fully saturated rings. The van der Waals surface area contributed by atoms with Gasteiger partial charge in [-0.3, -0.25) is 0 Å². The zero-order valence-corrected chi connectivity index (χ0v) is 28.6. The van der Waals surface area contributed by atoms with Crippen LogP contribution in [0.5, 0.6) is 0 Å². The first-order chi connectivity index (χ1) is 25.0. The van der Waals surface area contributed by atoms with Crippen LogP contribution in [0.1, 0.15) is 25.0 Å². The second-order valence-electron chi connectivity index (χ2n) is 14.2. The molecule has 1 heterocycles. The van der Waals surface area contributed by atoms with Crippen molar-refractivity contribution in [3.8, 4) is 33.4 Å². The zero-order valence-electron chi connectivity index (χ0n) is 28.6. The van der Waals surface area contributed by atoms with Crippen molar-refractivity contribution in [2.24, 2.45) is 0 Å². The predicted molar refractivity (Wildman–Crippen MR) is 214 cm³/mol. The molecule has 1 aliphatic carbocycles. The molecular weight excluding hydrogens is 619 g/mol. The number of anilines is 3. The lowest BCUT2D eigenvalue weighted by Crippen LogP contribution is -2.14. The summed E-state index contributed by atoms with van der Waals surface area (Å²) in [5.74, 6) is 0. The van der Waals surface area contributed by atoms with Crippen LogP contribution in [0.2, 0.25) is 0 Å². The fourth-order valence-electron chi connectivity index (χ4n) is 8.22. The number of nitrogens with zero attached hydrogens (tertiary/aromatic N) is 1. The van der Waals surface area contributed by atoms with Crippen LogP contribution in [0, 0.1) is 0 Å². The molecule has 0 radical (unpaired) electrons. The van der Waals surface area contributed by atoms with Gasteiger partial charge in [0.25, 0.3) is 0 Å². The Morgan fingerprint density at radius 3 is 1.82 bits per heavy atom. The maximum atomic E-state index is 6.69. The fourth-order valence-corrected chi connectivity index (χ4v) is 8.22. The van der Waals surface area contributed by atoms with Crippen LogP contribution in [0.15, 0.2) is 180 Å². The summed E-state index contributed by atoms with van der Waals surface area (Å²) in [5.41, 5.74) is 15.0. The summed E-state index contributed by atoms with van der Waals surface area (Å²) in [7, 11) is 0. The highest BCUT2D eigenvalue weighted by Gasteiger charge is 2.36. The summed E-state index contributed by atoms with van der Waals surface area (Å²) in [4.78, 5) is 2.38. The number of hydrogen-bond donors (Lipinski definition) is 0. The molecule has 2 heteroatoms. The Balaban J connectivity index is 1.15. The van der Waals surface area contributed by atoms with Crippen LogP contribution < -0.4 is 4.90 Å². The van der Waals surface area contributed by atoms with Crippen molar-refractivity contribution >= 4 is 49.8 Å². The van der Waals surface area contributed by atoms with Crippen molar-refractivity contribution in [1.82, 2.24) is 0 Å². The molecule has 8 aromatic carbocycles. The van der Waals surface area contributed by atoms with E-state index in [1.54, 1.807) is 0 Å². The maximum absolute atomic E-state index is 6.69. The Hall–Kier alpha value is -6.38. The topological polar surface area (TPSA) is 16.4 Å². The lowest BCUT2D eigenvalue weighted by molar-refractivity contribution is 0.647. The van der Waals surface area contributed by atoms with Gasteiger partial charge in [-0.15, -0.1) is 0 Å². The number of hydrogen-bond acceptors (Lipinski definition) is 2. The first-order valence-corrected chi connectivity index (χ1v) is 17.7. The Labute approximate surface area is 297 Å². The molecule has 0 saturated heterocycles. The minimum Gasteiger partial charge on any atom is -0.456 e. The molecule has 0 atom stereocenters. The minimum atomic E-state index is -0.0960. The van der Waals surface area contributed by atoms with E-state index in [0.29, 0.717) is 0 Å². The van der Waals surface area contributed by atoms with Crippen LogP contribution in [0.3, 0.4) is 0 Å². The molecule has 1 aliphatic rings. The number of furan rings is 1. The Morgan fingerprint density at radius 2 is 1.06 bits per heavy atom. The molecule has 10 rings (SSSR count). The van der Waals surface area contributed by atoms with Crippen LogP contribution in [-0.4, -0.2) is 0 Å². The molecule has 0 bridgehead atoms. The molecule has 0 amide bonds. The highest BCUT2D eigenvalue weighted by molar-refractivity contribution is 6.15. The molecule has 1 aromatic heterocycles. The van der Waals surface area contributed by atoms with Crippen molar-refractivity contribution in [3.05, 3.63) is 187 Å². The van der Waals surface area contributed by atoms with Gasteiger partial charge in [-0.25, -0.2) is 0 Å². The highest BCUT2D eigenvalue weighted by Crippen LogP contribution is 2.52. The summed E-state index contributed by atoms with van der Waals surface area (Å²) in [6, 6.07) is 63.6. The number of rotatable bonds is 5. The number of fused-ring (bicyclic) bond motifs is 7. The molecule has 242 valence electrons. The average Bonchev–Trinajstić information content (AvgIpc) is 3.66. The van der Waals surface area contributed by atoms with E-state index in [9.17, 15) is 0 Å². The number of benzene rings is 8. The quantitative estimate of drug-likeness (QED) is 0.184. The van der Waals surface area contributed by atoms with Crippen LogP contribution in [0.4, 0.5) is 17.1 Å². The summed E-state index contributed by atoms with van der Waals surface area (Å²) in [6.45, 7) is 4.64. The van der Waals surface area contributed by atoms with Crippen LogP contribution in [-0.2, 0) is 5.41 Å². The molecule has 2 nitrogen and oxygen atoms in total. The first-order valence-electron chi connectivity index (χ1n) is 17.7. The monoisotopic (exact) mass is 653 g/mol. The van der Waals surface area contributed by atoms with Gasteiger partial charge in [0.15, 0.2) is 0 Å².